The summed E-state index contributed by atoms with van der Waals surface area (Å²) in [4.78, 5) is 28.9. The van der Waals surface area contributed by atoms with Crippen molar-refractivity contribution in [3.05, 3.63) is 35.5 Å². The van der Waals surface area contributed by atoms with Gasteiger partial charge in [-0.2, -0.15) is 11.8 Å². The Morgan fingerprint density at radius 2 is 2.35 bits per heavy atom. The van der Waals surface area contributed by atoms with Crippen molar-refractivity contribution in [3.63, 3.8) is 0 Å². The highest BCUT2D eigenvalue weighted by molar-refractivity contribution is 8.00. The standard InChI is InChI=1S/C16H18N2O3S2/c1-21-16(20)10-3-4-11-12(8-17-13(11)7-10)15-18(5-6-22-2)14(19)9-23-15/h3-4,7-8,15,17H,5-6,9H2,1-2H3. The molecular formula is C16H18N2O3S2. The highest BCUT2D eigenvalue weighted by atomic mass is 32.2. The van der Waals surface area contributed by atoms with Crippen molar-refractivity contribution in [3.8, 4) is 0 Å². The van der Waals surface area contributed by atoms with Crippen LogP contribution in [0.2, 0.25) is 0 Å². The molecule has 23 heavy (non-hydrogen) atoms. The van der Waals surface area contributed by atoms with Crippen LogP contribution < -0.4 is 0 Å². The van der Waals surface area contributed by atoms with Gasteiger partial charge in [-0.3, -0.25) is 4.79 Å². The summed E-state index contributed by atoms with van der Waals surface area (Å²) < 4.78 is 4.76. The maximum absolute atomic E-state index is 12.1. The van der Waals surface area contributed by atoms with Crippen LogP contribution >= 0.6 is 23.5 Å². The van der Waals surface area contributed by atoms with Gasteiger partial charge in [-0.1, -0.05) is 6.07 Å². The number of amides is 1. The zero-order chi connectivity index (χ0) is 16.4. The number of fused-ring (bicyclic) bond motifs is 1. The Hall–Kier alpha value is -1.60. The zero-order valence-electron chi connectivity index (χ0n) is 13.0. The minimum absolute atomic E-state index is 0.0346. The van der Waals surface area contributed by atoms with Gasteiger partial charge in [-0.25, -0.2) is 4.79 Å². The molecule has 7 heteroatoms. The number of hydrogen-bond acceptors (Lipinski definition) is 5. The average Bonchev–Trinajstić information content (AvgIpc) is 3.14. The molecule has 0 radical (unpaired) electrons. The van der Waals surface area contributed by atoms with E-state index in [4.69, 9.17) is 4.74 Å². The van der Waals surface area contributed by atoms with Crippen LogP contribution in [0.25, 0.3) is 10.9 Å². The van der Waals surface area contributed by atoms with E-state index < -0.39 is 0 Å². The molecule has 1 fully saturated rings. The molecule has 1 amide bonds. The first kappa shape index (κ1) is 16.3. The molecule has 1 aromatic carbocycles. The molecule has 0 aliphatic carbocycles. The molecule has 2 heterocycles. The van der Waals surface area contributed by atoms with Gasteiger partial charge in [0.25, 0.3) is 0 Å². The Kier molecular flexibility index (Phi) is 4.87. The Bertz CT molecular complexity index is 744. The Morgan fingerprint density at radius 1 is 1.52 bits per heavy atom. The van der Waals surface area contributed by atoms with Crippen molar-refractivity contribution < 1.29 is 14.3 Å². The summed E-state index contributed by atoms with van der Waals surface area (Å²) in [5, 5.41) is 1.08. The highest BCUT2D eigenvalue weighted by Gasteiger charge is 2.33. The Balaban J connectivity index is 1.93. The summed E-state index contributed by atoms with van der Waals surface area (Å²) in [7, 11) is 1.37. The number of nitrogens with zero attached hydrogens (tertiary/aromatic N) is 1. The lowest BCUT2D eigenvalue weighted by Crippen LogP contribution is -2.30. The fourth-order valence-corrected chi connectivity index (χ4v) is 4.36. The molecule has 1 aliphatic rings. The maximum atomic E-state index is 12.1. The van der Waals surface area contributed by atoms with Crippen molar-refractivity contribution in [1.82, 2.24) is 9.88 Å². The molecule has 1 aliphatic heterocycles. The van der Waals surface area contributed by atoms with Gasteiger partial charge < -0.3 is 14.6 Å². The van der Waals surface area contributed by atoms with Crippen molar-refractivity contribution >= 4 is 46.3 Å². The second kappa shape index (κ2) is 6.88. The third-order valence-electron chi connectivity index (χ3n) is 3.91. The number of aromatic amines is 1. The minimum atomic E-state index is -0.352. The number of benzene rings is 1. The highest BCUT2D eigenvalue weighted by Crippen LogP contribution is 2.41. The van der Waals surface area contributed by atoms with Crippen molar-refractivity contribution in [2.75, 3.05) is 31.4 Å². The lowest BCUT2D eigenvalue weighted by Gasteiger charge is -2.23. The van der Waals surface area contributed by atoms with Gasteiger partial charge in [0.15, 0.2) is 0 Å². The Morgan fingerprint density at radius 3 is 3.09 bits per heavy atom. The van der Waals surface area contributed by atoms with Crippen LogP contribution in [-0.4, -0.2) is 53.2 Å². The molecule has 0 saturated carbocycles. The summed E-state index contributed by atoms with van der Waals surface area (Å²) in [6, 6.07) is 5.47. The van der Waals surface area contributed by atoms with E-state index in [1.54, 1.807) is 35.7 Å². The van der Waals surface area contributed by atoms with E-state index in [9.17, 15) is 9.59 Å². The van der Waals surface area contributed by atoms with E-state index in [2.05, 4.69) is 4.98 Å². The molecule has 0 bridgehead atoms. The normalized spacial score (nSPS) is 17.9. The average molecular weight is 350 g/mol. The predicted molar refractivity (Wildman–Crippen MR) is 94.9 cm³/mol. The van der Waals surface area contributed by atoms with E-state index in [0.717, 1.165) is 28.8 Å². The molecule has 5 nitrogen and oxygen atoms in total. The van der Waals surface area contributed by atoms with Gasteiger partial charge in [-0.15, -0.1) is 11.8 Å². The van der Waals surface area contributed by atoms with E-state index in [-0.39, 0.29) is 17.3 Å². The number of rotatable bonds is 5. The van der Waals surface area contributed by atoms with Gasteiger partial charge in [0.1, 0.15) is 5.37 Å². The first-order chi connectivity index (χ1) is 11.2. The molecule has 2 aromatic rings. The molecule has 1 atom stereocenters. The molecule has 0 spiro atoms. The van der Waals surface area contributed by atoms with E-state index in [1.807, 2.05) is 23.4 Å². The molecule has 1 unspecified atom stereocenters. The van der Waals surface area contributed by atoms with Crippen molar-refractivity contribution in [1.29, 1.82) is 0 Å². The van der Waals surface area contributed by atoms with Crippen molar-refractivity contribution in [2.24, 2.45) is 0 Å². The summed E-state index contributed by atoms with van der Waals surface area (Å²) in [5.74, 6) is 1.29. The van der Waals surface area contributed by atoms with Gasteiger partial charge in [-0.05, 0) is 18.4 Å². The third-order valence-corrected chi connectivity index (χ3v) is 5.73. The Labute approximate surface area is 143 Å². The zero-order valence-corrected chi connectivity index (χ0v) is 14.6. The molecule has 1 N–H and O–H groups in total. The molecule has 1 saturated heterocycles. The topological polar surface area (TPSA) is 62.4 Å². The van der Waals surface area contributed by atoms with Crippen LogP contribution in [0.1, 0.15) is 21.3 Å². The third kappa shape index (κ3) is 3.07. The minimum Gasteiger partial charge on any atom is -0.465 e. The smallest absolute Gasteiger partial charge is 0.337 e. The van der Waals surface area contributed by atoms with E-state index in [1.165, 1.54) is 7.11 Å². The number of H-pyrrole nitrogens is 1. The van der Waals surface area contributed by atoms with Crippen LogP contribution in [0.15, 0.2) is 24.4 Å². The van der Waals surface area contributed by atoms with Crippen LogP contribution in [0.3, 0.4) is 0 Å². The van der Waals surface area contributed by atoms with Gasteiger partial charge in [0.2, 0.25) is 5.91 Å². The number of carbonyl (C=O) groups is 2. The monoisotopic (exact) mass is 350 g/mol. The molecule has 122 valence electrons. The largest absolute Gasteiger partial charge is 0.465 e. The number of aromatic nitrogens is 1. The van der Waals surface area contributed by atoms with Crippen LogP contribution in [0.4, 0.5) is 0 Å². The fourth-order valence-electron chi connectivity index (χ4n) is 2.74. The second-order valence-electron chi connectivity index (χ2n) is 5.24. The first-order valence-electron chi connectivity index (χ1n) is 7.25. The van der Waals surface area contributed by atoms with E-state index >= 15 is 0 Å². The van der Waals surface area contributed by atoms with Gasteiger partial charge in [0, 0.05) is 35.0 Å². The van der Waals surface area contributed by atoms with E-state index in [0.29, 0.717) is 11.3 Å². The number of carbonyl (C=O) groups excluding carboxylic acids is 2. The lowest BCUT2D eigenvalue weighted by atomic mass is 10.1. The van der Waals surface area contributed by atoms with Crippen molar-refractivity contribution in [2.45, 2.75) is 5.37 Å². The fraction of sp³-hybridized carbons (Fsp3) is 0.375. The molecular weight excluding hydrogens is 332 g/mol. The number of hydrogen-bond donors (Lipinski definition) is 1. The summed E-state index contributed by atoms with van der Waals surface area (Å²) in [6.07, 6.45) is 3.98. The van der Waals surface area contributed by atoms with Gasteiger partial charge in [0.05, 0.1) is 18.4 Å². The number of ether oxygens (including phenoxy) is 1. The lowest BCUT2D eigenvalue weighted by molar-refractivity contribution is -0.127. The van der Waals surface area contributed by atoms with Crippen LogP contribution in [0.5, 0.6) is 0 Å². The summed E-state index contributed by atoms with van der Waals surface area (Å²) in [6.45, 7) is 0.755. The van der Waals surface area contributed by atoms with Gasteiger partial charge >= 0.3 is 5.97 Å². The first-order valence-corrected chi connectivity index (χ1v) is 9.69. The second-order valence-corrected chi connectivity index (χ2v) is 7.29. The van der Waals surface area contributed by atoms with Crippen LogP contribution in [-0.2, 0) is 9.53 Å². The number of methoxy groups -OCH3 is 1. The number of nitrogens with one attached hydrogen (secondary N) is 1. The molecule has 1 aromatic heterocycles. The maximum Gasteiger partial charge on any atom is 0.337 e. The molecule has 3 rings (SSSR count). The SMILES string of the molecule is COC(=O)c1ccc2c(C3SCC(=O)N3CCSC)c[nH]c2c1. The number of esters is 1. The number of thioether (sulfide) groups is 2. The van der Waals surface area contributed by atoms with Crippen LogP contribution in [0, 0.1) is 0 Å². The quantitative estimate of drug-likeness (QED) is 0.840. The summed E-state index contributed by atoms with van der Waals surface area (Å²) in [5.41, 5.74) is 2.49. The predicted octanol–water partition coefficient (Wildman–Crippen LogP) is 2.89. The summed E-state index contributed by atoms with van der Waals surface area (Å²) >= 11 is 3.39.